The smallest absolute Gasteiger partial charge is 0.239 e. The van der Waals surface area contributed by atoms with E-state index in [1.807, 2.05) is 13.8 Å². The standard InChI is InChI=1S/C8H15N3O2S/c1-6(2)10-4-7-3-8(5-11-7)14(9,12)13/h3,5-6,10-11H,4H2,1-2H3,(H2,9,12,13). The molecular weight excluding hydrogens is 202 g/mol. The van der Waals surface area contributed by atoms with E-state index in [9.17, 15) is 8.42 Å². The van der Waals surface area contributed by atoms with Gasteiger partial charge in [-0.15, -0.1) is 0 Å². The SMILES string of the molecule is CC(C)NCc1cc(S(N)(=O)=O)c[nH]1. The minimum Gasteiger partial charge on any atom is -0.363 e. The van der Waals surface area contributed by atoms with Crippen LogP contribution in [-0.4, -0.2) is 19.4 Å². The molecule has 6 heteroatoms. The third-order valence-corrected chi connectivity index (χ3v) is 2.64. The average Bonchev–Trinajstić information content (AvgIpc) is 2.47. The molecular formula is C8H15N3O2S. The molecule has 0 atom stereocenters. The number of primary sulfonamides is 1. The van der Waals surface area contributed by atoms with Crippen molar-refractivity contribution in [3.8, 4) is 0 Å². The summed E-state index contributed by atoms with van der Waals surface area (Å²) in [5.74, 6) is 0. The number of nitrogens with two attached hydrogens (primary N) is 1. The highest BCUT2D eigenvalue weighted by Crippen LogP contribution is 2.08. The Morgan fingerprint density at radius 1 is 1.57 bits per heavy atom. The van der Waals surface area contributed by atoms with Gasteiger partial charge in [0.05, 0.1) is 4.90 Å². The van der Waals surface area contributed by atoms with Crippen LogP contribution in [0, 0.1) is 0 Å². The molecule has 1 rings (SSSR count). The maximum atomic E-state index is 10.9. The zero-order chi connectivity index (χ0) is 10.8. The van der Waals surface area contributed by atoms with Gasteiger partial charge < -0.3 is 10.3 Å². The molecule has 0 radical (unpaired) electrons. The van der Waals surface area contributed by atoms with Crippen LogP contribution in [0.1, 0.15) is 19.5 Å². The second-order valence-corrected chi connectivity index (χ2v) is 5.00. The highest BCUT2D eigenvalue weighted by molar-refractivity contribution is 7.89. The molecule has 0 aliphatic rings. The largest absolute Gasteiger partial charge is 0.363 e. The Morgan fingerprint density at radius 3 is 2.64 bits per heavy atom. The number of nitrogens with one attached hydrogen (secondary N) is 2. The fraction of sp³-hybridized carbons (Fsp3) is 0.500. The summed E-state index contributed by atoms with van der Waals surface area (Å²) in [5.41, 5.74) is 0.808. The molecule has 0 aliphatic heterocycles. The summed E-state index contributed by atoms with van der Waals surface area (Å²) < 4.78 is 21.8. The fourth-order valence-electron chi connectivity index (χ4n) is 0.999. The van der Waals surface area contributed by atoms with Gasteiger partial charge in [-0.1, -0.05) is 13.8 Å². The van der Waals surface area contributed by atoms with Crippen molar-refractivity contribution in [3.05, 3.63) is 18.0 Å². The lowest BCUT2D eigenvalue weighted by Gasteiger charge is -2.05. The normalized spacial score (nSPS) is 12.3. The highest BCUT2D eigenvalue weighted by atomic mass is 32.2. The second-order valence-electron chi connectivity index (χ2n) is 3.44. The molecule has 14 heavy (non-hydrogen) atoms. The molecule has 0 unspecified atom stereocenters. The molecule has 1 heterocycles. The average molecular weight is 217 g/mol. The summed E-state index contributed by atoms with van der Waals surface area (Å²) in [5, 5.41) is 8.12. The van der Waals surface area contributed by atoms with E-state index in [4.69, 9.17) is 5.14 Å². The Bertz CT molecular complexity index is 394. The summed E-state index contributed by atoms with van der Waals surface area (Å²) in [7, 11) is -3.58. The highest BCUT2D eigenvalue weighted by Gasteiger charge is 2.09. The monoisotopic (exact) mass is 217 g/mol. The maximum absolute atomic E-state index is 10.9. The van der Waals surface area contributed by atoms with E-state index < -0.39 is 10.0 Å². The molecule has 0 bridgehead atoms. The number of hydrogen-bond acceptors (Lipinski definition) is 3. The molecule has 0 spiro atoms. The van der Waals surface area contributed by atoms with Crippen LogP contribution in [0.15, 0.2) is 17.2 Å². The number of H-pyrrole nitrogens is 1. The Balaban J connectivity index is 2.70. The summed E-state index contributed by atoms with van der Waals surface area (Å²) in [4.78, 5) is 2.97. The van der Waals surface area contributed by atoms with Gasteiger partial charge in [-0.25, -0.2) is 13.6 Å². The van der Waals surface area contributed by atoms with Crippen LogP contribution in [0.2, 0.25) is 0 Å². The molecule has 1 aromatic rings. The van der Waals surface area contributed by atoms with Crippen molar-refractivity contribution in [2.75, 3.05) is 0 Å². The van der Waals surface area contributed by atoms with Gasteiger partial charge in [0, 0.05) is 24.5 Å². The third-order valence-electron chi connectivity index (χ3n) is 1.75. The van der Waals surface area contributed by atoms with Crippen molar-refractivity contribution < 1.29 is 8.42 Å². The van der Waals surface area contributed by atoms with E-state index in [0.29, 0.717) is 12.6 Å². The Kier molecular flexibility index (Phi) is 3.30. The number of aromatic amines is 1. The Hall–Kier alpha value is -0.850. The Morgan fingerprint density at radius 2 is 2.21 bits per heavy atom. The molecule has 0 aliphatic carbocycles. The zero-order valence-corrected chi connectivity index (χ0v) is 9.06. The quantitative estimate of drug-likeness (QED) is 0.671. The molecule has 5 nitrogen and oxygen atoms in total. The second kappa shape index (κ2) is 4.12. The predicted octanol–water partition coefficient (Wildman–Crippen LogP) is 0.160. The van der Waals surface area contributed by atoms with Crippen LogP contribution in [-0.2, 0) is 16.6 Å². The number of sulfonamides is 1. The van der Waals surface area contributed by atoms with Crippen LogP contribution in [0.4, 0.5) is 0 Å². The van der Waals surface area contributed by atoms with Crippen molar-refractivity contribution in [2.24, 2.45) is 5.14 Å². The van der Waals surface area contributed by atoms with E-state index in [-0.39, 0.29) is 4.90 Å². The zero-order valence-electron chi connectivity index (χ0n) is 8.24. The van der Waals surface area contributed by atoms with Crippen LogP contribution in [0.25, 0.3) is 0 Å². The van der Waals surface area contributed by atoms with E-state index in [1.165, 1.54) is 12.3 Å². The maximum Gasteiger partial charge on any atom is 0.239 e. The number of hydrogen-bond donors (Lipinski definition) is 3. The van der Waals surface area contributed by atoms with Gasteiger partial charge in [0.2, 0.25) is 10.0 Å². The first kappa shape index (κ1) is 11.2. The van der Waals surface area contributed by atoms with Crippen LogP contribution < -0.4 is 10.5 Å². The Labute approximate surface area is 83.8 Å². The van der Waals surface area contributed by atoms with Crippen LogP contribution in [0.3, 0.4) is 0 Å². The molecule has 1 aromatic heterocycles. The van der Waals surface area contributed by atoms with Gasteiger partial charge in [-0.05, 0) is 6.07 Å². The third kappa shape index (κ3) is 3.13. The van der Waals surface area contributed by atoms with Gasteiger partial charge in [0.1, 0.15) is 0 Å². The van der Waals surface area contributed by atoms with Crippen molar-refractivity contribution in [1.29, 1.82) is 0 Å². The minimum atomic E-state index is -3.58. The van der Waals surface area contributed by atoms with Crippen molar-refractivity contribution in [2.45, 2.75) is 31.3 Å². The molecule has 80 valence electrons. The molecule has 0 amide bonds. The molecule has 0 saturated carbocycles. The van der Waals surface area contributed by atoms with E-state index >= 15 is 0 Å². The summed E-state index contributed by atoms with van der Waals surface area (Å²) in [6, 6.07) is 1.89. The summed E-state index contributed by atoms with van der Waals surface area (Å²) >= 11 is 0. The van der Waals surface area contributed by atoms with Gasteiger partial charge in [-0.3, -0.25) is 0 Å². The van der Waals surface area contributed by atoms with Crippen molar-refractivity contribution in [3.63, 3.8) is 0 Å². The minimum absolute atomic E-state index is 0.123. The van der Waals surface area contributed by atoms with E-state index in [1.54, 1.807) is 0 Å². The summed E-state index contributed by atoms with van der Waals surface area (Å²) in [6.45, 7) is 4.64. The van der Waals surface area contributed by atoms with E-state index in [2.05, 4.69) is 10.3 Å². The number of rotatable bonds is 4. The fourth-order valence-corrected chi connectivity index (χ4v) is 1.53. The lowest BCUT2D eigenvalue weighted by molar-refractivity contribution is 0.582. The molecule has 0 fully saturated rings. The van der Waals surface area contributed by atoms with Crippen LogP contribution >= 0.6 is 0 Å². The lowest BCUT2D eigenvalue weighted by Crippen LogP contribution is -2.21. The first-order valence-corrected chi connectivity index (χ1v) is 5.87. The first-order chi connectivity index (χ1) is 6.39. The first-order valence-electron chi connectivity index (χ1n) is 4.33. The van der Waals surface area contributed by atoms with E-state index in [0.717, 1.165) is 5.69 Å². The van der Waals surface area contributed by atoms with Gasteiger partial charge in [-0.2, -0.15) is 0 Å². The van der Waals surface area contributed by atoms with Gasteiger partial charge in [0.25, 0.3) is 0 Å². The molecule has 0 saturated heterocycles. The lowest BCUT2D eigenvalue weighted by atomic mass is 10.3. The topological polar surface area (TPSA) is 88.0 Å². The van der Waals surface area contributed by atoms with Crippen molar-refractivity contribution in [1.82, 2.24) is 10.3 Å². The molecule has 0 aromatic carbocycles. The molecule has 4 N–H and O–H groups in total. The predicted molar refractivity (Wildman–Crippen MR) is 54.1 cm³/mol. The number of aromatic nitrogens is 1. The summed E-state index contributed by atoms with van der Waals surface area (Å²) in [6.07, 6.45) is 1.40. The van der Waals surface area contributed by atoms with Crippen LogP contribution in [0.5, 0.6) is 0 Å². The van der Waals surface area contributed by atoms with Crippen molar-refractivity contribution >= 4 is 10.0 Å². The van der Waals surface area contributed by atoms with Gasteiger partial charge in [0.15, 0.2) is 0 Å². The van der Waals surface area contributed by atoms with Gasteiger partial charge >= 0.3 is 0 Å².